The fourth-order valence-corrected chi connectivity index (χ4v) is 4.14. The standard InChI is InChI=1S/C23H28N6O/c1-17-2-6-20(7-3-17)28-16-18(14-25-28)15-27-12-9-21(10-13-27)29-22(8-11-24-29)26-23(30)19-4-5-19/h2-3,6-8,11,14,16,19,21H,4-5,9-10,12-13,15H2,1H3,(H,26,30). The third kappa shape index (κ3) is 4.16. The number of piperidine rings is 1. The molecule has 7 heteroatoms. The van der Waals surface area contributed by atoms with E-state index in [1.807, 2.05) is 21.6 Å². The van der Waals surface area contributed by atoms with Crippen LogP contribution >= 0.6 is 0 Å². The van der Waals surface area contributed by atoms with Gasteiger partial charge < -0.3 is 5.32 Å². The number of carbonyl (C=O) groups is 1. The van der Waals surface area contributed by atoms with Gasteiger partial charge in [-0.15, -0.1) is 0 Å². The number of likely N-dealkylation sites (tertiary alicyclic amines) is 1. The molecule has 0 radical (unpaired) electrons. The maximum atomic E-state index is 12.1. The van der Waals surface area contributed by atoms with Crippen molar-refractivity contribution < 1.29 is 4.79 Å². The van der Waals surface area contributed by atoms with Crippen LogP contribution in [0.3, 0.4) is 0 Å². The Kier molecular flexibility index (Phi) is 5.12. The van der Waals surface area contributed by atoms with Crippen LogP contribution in [0.2, 0.25) is 0 Å². The number of amides is 1. The van der Waals surface area contributed by atoms with E-state index in [2.05, 4.69) is 57.8 Å². The van der Waals surface area contributed by atoms with Crippen LogP contribution in [0.15, 0.2) is 48.9 Å². The fraction of sp³-hybridized carbons (Fsp3) is 0.435. The predicted molar refractivity (Wildman–Crippen MR) is 115 cm³/mol. The summed E-state index contributed by atoms with van der Waals surface area (Å²) in [5.41, 5.74) is 3.57. The van der Waals surface area contributed by atoms with E-state index in [1.54, 1.807) is 6.20 Å². The number of aromatic nitrogens is 4. The van der Waals surface area contributed by atoms with Crippen molar-refractivity contribution in [2.24, 2.45) is 5.92 Å². The molecule has 1 aromatic carbocycles. The van der Waals surface area contributed by atoms with Crippen molar-refractivity contribution in [2.45, 2.75) is 45.2 Å². The Bertz CT molecular complexity index is 1010. The van der Waals surface area contributed by atoms with Crippen molar-refractivity contribution in [1.29, 1.82) is 0 Å². The fourth-order valence-electron chi connectivity index (χ4n) is 4.14. The van der Waals surface area contributed by atoms with Crippen LogP contribution in [0.25, 0.3) is 5.69 Å². The van der Waals surface area contributed by atoms with Gasteiger partial charge >= 0.3 is 0 Å². The number of hydrogen-bond acceptors (Lipinski definition) is 4. The number of nitrogens with zero attached hydrogens (tertiary/aromatic N) is 5. The third-order valence-corrected chi connectivity index (χ3v) is 6.11. The topological polar surface area (TPSA) is 68.0 Å². The molecule has 2 aliphatic rings. The molecule has 1 aliphatic heterocycles. The first-order chi connectivity index (χ1) is 14.7. The molecule has 1 saturated carbocycles. The van der Waals surface area contributed by atoms with Crippen molar-refractivity contribution >= 4 is 11.7 Å². The zero-order chi connectivity index (χ0) is 20.5. The van der Waals surface area contributed by atoms with Gasteiger partial charge in [0.25, 0.3) is 0 Å². The minimum atomic E-state index is 0.139. The second-order valence-corrected chi connectivity index (χ2v) is 8.56. The number of aryl methyl sites for hydroxylation is 1. The van der Waals surface area contributed by atoms with E-state index >= 15 is 0 Å². The lowest BCUT2D eigenvalue weighted by Crippen LogP contribution is -2.35. The van der Waals surface area contributed by atoms with Crippen molar-refractivity contribution in [3.63, 3.8) is 0 Å². The molecule has 1 N–H and O–H groups in total. The molecule has 0 atom stereocenters. The first-order valence-corrected chi connectivity index (χ1v) is 10.8. The molecule has 1 amide bonds. The lowest BCUT2D eigenvalue weighted by Gasteiger charge is -2.32. The Morgan fingerprint density at radius 3 is 2.57 bits per heavy atom. The largest absolute Gasteiger partial charge is 0.311 e. The molecule has 1 aliphatic carbocycles. The summed E-state index contributed by atoms with van der Waals surface area (Å²) in [7, 11) is 0. The first kappa shape index (κ1) is 19.1. The monoisotopic (exact) mass is 404 g/mol. The Morgan fingerprint density at radius 1 is 1.07 bits per heavy atom. The van der Waals surface area contributed by atoms with Crippen LogP contribution in [0, 0.1) is 12.8 Å². The van der Waals surface area contributed by atoms with Gasteiger partial charge in [-0.2, -0.15) is 10.2 Å². The molecule has 0 unspecified atom stereocenters. The molecule has 0 bridgehead atoms. The summed E-state index contributed by atoms with van der Waals surface area (Å²) in [5, 5.41) is 12.1. The van der Waals surface area contributed by atoms with Crippen molar-refractivity contribution in [3.8, 4) is 5.69 Å². The first-order valence-electron chi connectivity index (χ1n) is 10.8. The summed E-state index contributed by atoms with van der Waals surface area (Å²) in [5.74, 6) is 1.18. The second-order valence-electron chi connectivity index (χ2n) is 8.56. The maximum Gasteiger partial charge on any atom is 0.228 e. The highest BCUT2D eigenvalue weighted by molar-refractivity contribution is 5.93. The van der Waals surface area contributed by atoms with Crippen molar-refractivity contribution in [2.75, 3.05) is 18.4 Å². The van der Waals surface area contributed by atoms with E-state index in [0.717, 1.165) is 56.8 Å². The van der Waals surface area contributed by atoms with Crippen LogP contribution < -0.4 is 5.32 Å². The number of anilines is 1. The minimum absolute atomic E-state index is 0.139. The molecule has 1 saturated heterocycles. The van der Waals surface area contributed by atoms with Gasteiger partial charge in [0.2, 0.25) is 5.91 Å². The van der Waals surface area contributed by atoms with Gasteiger partial charge in [0.1, 0.15) is 5.82 Å². The predicted octanol–water partition coefficient (Wildman–Crippen LogP) is 3.56. The van der Waals surface area contributed by atoms with Crippen LogP contribution in [-0.4, -0.2) is 43.5 Å². The van der Waals surface area contributed by atoms with E-state index in [9.17, 15) is 4.79 Å². The number of nitrogens with one attached hydrogen (secondary N) is 1. The van der Waals surface area contributed by atoms with Gasteiger partial charge in [-0.1, -0.05) is 17.7 Å². The van der Waals surface area contributed by atoms with Gasteiger partial charge in [-0.25, -0.2) is 9.36 Å². The Hall–Kier alpha value is -2.93. The van der Waals surface area contributed by atoms with Crippen LogP contribution in [0.5, 0.6) is 0 Å². The molecule has 156 valence electrons. The van der Waals surface area contributed by atoms with Crippen LogP contribution in [-0.2, 0) is 11.3 Å². The second kappa shape index (κ2) is 8.07. The average molecular weight is 405 g/mol. The number of hydrogen-bond donors (Lipinski definition) is 1. The molecule has 30 heavy (non-hydrogen) atoms. The van der Waals surface area contributed by atoms with E-state index in [4.69, 9.17) is 0 Å². The summed E-state index contributed by atoms with van der Waals surface area (Å²) in [6.07, 6.45) is 9.95. The molecule has 3 aromatic rings. The number of rotatable bonds is 6. The van der Waals surface area contributed by atoms with Gasteiger partial charge in [-0.3, -0.25) is 9.69 Å². The minimum Gasteiger partial charge on any atom is -0.311 e. The molecular weight excluding hydrogens is 376 g/mol. The summed E-state index contributed by atoms with van der Waals surface area (Å²) >= 11 is 0. The van der Waals surface area contributed by atoms with E-state index < -0.39 is 0 Å². The highest BCUT2D eigenvalue weighted by atomic mass is 16.2. The highest BCUT2D eigenvalue weighted by Gasteiger charge is 2.31. The summed E-state index contributed by atoms with van der Waals surface area (Å²) < 4.78 is 3.95. The SMILES string of the molecule is Cc1ccc(-n2cc(CN3CCC(n4nccc4NC(=O)C4CC4)CC3)cn2)cc1. The zero-order valence-electron chi connectivity index (χ0n) is 17.4. The van der Waals surface area contributed by atoms with Crippen LogP contribution in [0.4, 0.5) is 5.82 Å². The zero-order valence-corrected chi connectivity index (χ0v) is 17.4. The number of carbonyl (C=O) groups excluding carboxylic acids is 1. The normalized spacial score (nSPS) is 17.9. The molecule has 3 heterocycles. The molecular formula is C23H28N6O. The van der Waals surface area contributed by atoms with E-state index in [1.165, 1.54) is 11.1 Å². The van der Waals surface area contributed by atoms with Gasteiger partial charge in [0, 0.05) is 43.4 Å². The summed E-state index contributed by atoms with van der Waals surface area (Å²) in [6, 6.07) is 10.7. The molecule has 2 aromatic heterocycles. The van der Waals surface area contributed by atoms with Crippen molar-refractivity contribution in [3.05, 3.63) is 60.0 Å². The average Bonchev–Trinajstić information content (AvgIpc) is 3.35. The summed E-state index contributed by atoms with van der Waals surface area (Å²) in [4.78, 5) is 14.6. The smallest absolute Gasteiger partial charge is 0.228 e. The summed E-state index contributed by atoms with van der Waals surface area (Å²) in [6.45, 7) is 5.02. The van der Waals surface area contributed by atoms with E-state index in [-0.39, 0.29) is 11.8 Å². The highest BCUT2D eigenvalue weighted by Crippen LogP contribution is 2.31. The van der Waals surface area contributed by atoms with E-state index in [0.29, 0.717) is 6.04 Å². The third-order valence-electron chi connectivity index (χ3n) is 6.11. The van der Waals surface area contributed by atoms with Gasteiger partial charge in [0.05, 0.1) is 24.1 Å². The molecule has 0 spiro atoms. The lowest BCUT2D eigenvalue weighted by atomic mass is 10.0. The Labute approximate surface area is 176 Å². The molecule has 2 fully saturated rings. The quantitative estimate of drug-likeness (QED) is 0.682. The van der Waals surface area contributed by atoms with Gasteiger partial charge in [-0.05, 0) is 44.7 Å². The van der Waals surface area contributed by atoms with Gasteiger partial charge in [0.15, 0.2) is 0 Å². The molecule has 7 nitrogen and oxygen atoms in total. The van der Waals surface area contributed by atoms with Crippen molar-refractivity contribution in [1.82, 2.24) is 24.5 Å². The lowest BCUT2D eigenvalue weighted by molar-refractivity contribution is -0.117. The van der Waals surface area contributed by atoms with Crippen LogP contribution in [0.1, 0.15) is 42.9 Å². The maximum absolute atomic E-state index is 12.1. The molecule has 5 rings (SSSR count). The Morgan fingerprint density at radius 2 is 1.83 bits per heavy atom. The Balaban J connectivity index is 1.17. The number of benzene rings is 1.